The first kappa shape index (κ1) is 22.3. The van der Waals surface area contributed by atoms with Gasteiger partial charge in [0.1, 0.15) is 18.1 Å². The first-order chi connectivity index (χ1) is 13.0. The minimum absolute atomic E-state index is 0. The highest BCUT2D eigenvalue weighted by molar-refractivity contribution is 5.98. The Labute approximate surface area is 170 Å². The number of rotatable bonds is 5. The fourth-order valence-electron chi connectivity index (χ4n) is 3.88. The van der Waals surface area contributed by atoms with Gasteiger partial charge in [-0.15, -0.1) is 12.4 Å². The number of hydrogen-bond donors (Lipinski definition) is 3. The van der Waals surface area contributed by atoms with Gasteiger partial charge in [0, 0.05) is 32.2 Å². The summed E-state index contributed by atoms with van der Waals surface area (Å²) in [5.74, 6) is 0.580. The van der Waals surface area contributed by atoms with E-state index in [0.29, 0.717) is 49.5 Å². The quantitative estimate of drug-likeness (QED) is 0.649. The monoisotopic (exact) mass is 413 g/mol. The van der Waals surface area contributed by atoms with Gasteiger partial charge in [0.05, 0.1) is 24.2 Å². The second-order valence-corrected chi connectivity index (χ2v) is 7.05. The Morgan fingerprint density at radius 1 is 1.46 bits per heavy atom. The molecule has 2 aliphatic rings. The van der Waals surface area contributed by atoms with Crippen molar-refractivity contribution in [3.63, 3.8) is 0 Å². The van der Waals surface area contributed by atoms with Crippen LogP contribution in [-0.2, 0) is 4.79 Å². The number of methoxy groups -OCH3 is 1. The number of nitrogens with zero attached hydrogens (tertiary/aromatic N) is 1. The van der Waals surface area contributed by atoms with Gasteiger partial charge in [-0.25, -0.2) is 0 Å². The second-order valence-electron chi connectivity index (χ2n) is 7.05. The Morgan fingerprint density at radius 2 is 2.25 bits per heavy atom. The molecule has 156 valence electrons. The van der Waals surface area contributed by atoms with E-state index in [-0.39, 0.29) is 37.4 Å². The van der Waals surface area contributed by atoms with Crippen molar-refractivity contribution in [2.24, 2.45) is 11.1 Å². The van der Waals surface area contributed by atoms with E-state index in [1.807, 2.05) is 0 Å². The van der Waals surface area contributed by atoms with Crippen molar-refractivity contribution in [2.75, 3.05) is 39.9 Å². The first-order valence-electron chi connectivity index (χ1n) is 9.28. The molecule has 9 heteroatoms. The van der Waals surface area contributed by atoms with Crippen molar-refractivity contribution in [2.45, 2.75) is 25.4 Å². The van der Waals surface area contributed by atoms with Gasteiger partial charge < -0.3 is 30.5 Å². The number of aliphatic hydroxyl groups is 1. The molecule has 2 saturated heterocycles. The first-order valence-corrected chi connectivity index (χ1v) is 9.28. The fraction of sp³-hybridized carbons (Fsp3) is 0.579. The van der Waals surface area contributed by atoms with E-state index in [9.17, 15) is 14.7 Å². The van der Waals surface area contributed by atoms with E-state index in [2.05, 4.69) is 5.32 Å². The predicted molar refractivity (Wildman–Crippen MR) is 106 cm³/mol. The summed E-state index contributed by atoms with van der Waals surface area (Å²) in [6.07, 6.45) is 0.987. The Hall–Kier alpha value is -2.03. The molecule has 0 bridgehead atoms. The van der Waals surface area contributed by atoms with Crippen LogP contribution in [0.2, 0.25) is 0 Å². The summed E-state index contributed by atoms with van der Waals surface area (Å²) in [6.45, 7) is 1.79. The van der Waals surface area contributed by atoms with Gasteiger partial charge in [0.2, 0.25) is 5.91 Å². The minimum atomic E-state index is -0.934. The zero-order valence-electron chi connectivity index (χ0n) is 16.0. The van der Waals surface area contributed by atoms with Gasteiger partial charge in [-0.2, -0.15) is 0 Å². The average Bonchev–Trinajstić information content (AvgIpc) is 2.69. The van der Waals surface area contributed by atoms with Crippen LogP contribution in [0.5, 0.6) is 11.5 Å². The molecule has 3 rings (SSSR count). The third-order valence-electron chi connectivity index (χ3n) is 5.40. The van der Waals surface area contributed by atoms with E-state index in [1.54, 1.807) is 30.2 Å². The summed E-state index contributed by atoms with van der Waals surface area (Å²) in [4.78, 5) is 27.3. The number of ether oxygens (including phenoxy) is 2. The zero-order chi connectivity index (χ0) is 19.4. The van der Waals surface area contributed by atoms with Crippen LogP contribution in [0, 0.1) is 5.41 Å². The molecule has 0 radical (unpaired) electrons. The van der Waals surface area contributed by atoms with E-state index < -0.39 is 11.5 Å². The molecule has 2 aliphatic heterocycles. The summed E-state index contributed by atoms with van der Waals surface area (Å²) in [5, 5.41) is 13.3. The van der Waals surface area contributed by atoms with Gasteiger partial charge in [0.25, 0.3) is 5.91 Å². The zero-order valence-corrected chi connectivity index (χ0v) is 16.8. The molecule has 0 saturated carbocycles. The molecular weight excluding hydrogens is 386 g/mol. The lowest BCUT2D eigenvalue weighted by Gasteiger charge is -2.46. The number of carbonyl (C=O) groups excluding carboxylic acids is 2. The number of aliphatic hydroxyl groups excluding tert-OH is 1. The Balaban J connectivity index is 0.00000280. The molecule has 4 N–H and O–H groups in total. The van der Waals surface area contributed by atoms with Crippen LogP contribution in [0.25, 0.3) is 0 Å². The lowest BCUT2D eigenvalue weighted by Crippen LogP contribution is -2.62. The van der Waals surface area contributed by atoms with Crippen LogP contribution in [0.1, 0.15) is 29.6 Å². The molecule has 0 unspecified atom stereocenters. The standard InChI is InChI=1S/C19H27N3O5.ClH/c1-26-13-3-4-14(15(11-13)27-10-7-20)17(24)22-9-5-16(23)19(12-22)6-2-8-21-18(19)25;/h3-4,11,16,23H,2,5-10,12,20H2,1H3,(H,21,25);1H/t16-,19-;/m1./s1. The number of halogens is 1. The number of likely N-dealkylation sites (tertiary alicyclic amines) is 1. The Morgan fingerprint density at radius 3 is 2.93 bits per heavy atom. The van der Waals surface area contributed by atoms with E-state index >= 15 is 0 Å². The molecule has 2 amide bonds. The van der Waals surface area contributed by atoms with Gasteiger partial charge in [0.15, 0.2) is 0 Å². The molecule has 1 aromatic carbocycles. The highest BCUT2D eigenvalue weighted by Crippen LogP contribution is 2.38. The molecule has 2 fully saturated rings. The normalized spacial score (nSPS) is 24.3. The molecule has 28 heavy (non-hydrogen) atoms. The lowest BCUT2D eigenvalue weighted by molar-refractivity contribution is -0.147. The molecule has 1 spiro atoms. The van der Waals surface area contributed by atoms with Crippen molar-refractivity contribution in [3.05, 3.63) is 23.8 Å². The van der Waals surface area contributed by atoms with Crippen LogP contribution in [0.4, 0.5) is 0 Å². The third-order valence-corrected chi connectivity index (χ3v) is 5.40. The summed E-state index contributed by atoms with van der Waals surface area (Å²) in [5.41, 5.74) is 4.98. The number of carbonyl (C=O) groups is 2. The van der Waals surface area contributed by atoms with Crippen LogP contribution in [-0.4, -0.2) is 67.8 Å². The Bertz CT molecular complexity index is 717. The van der Waals surface area contributed by atoms with E-state index in [1.165, 1.54) is 0 Å². The van der Waals surface area contributed by atoms with E-state index in [4.69, 9.17) is 15.2 Å². The largest absolute Gasteiger partial charge is 0.497 e. The Kier molecular flexibility index (Phi) is 7.51. The van der Waals surface area contributed by atoms with Crippen molar-refractivity contribution in [1.82, 2.24) is 10.2 Å². The third kappa shape index (κ3) is 4.19. The SMILES string of the molecule is COc1ccc(C(=O)N2CC[C@@H](O)[C@@]3(CCCNC3=O)C2)c(OCCN)c1.Cl. The van der Waals surface area contributed by atoms with Crippen LogP contribution in [0.15, 0.2) is 18.2 Å². The van der Waals surface area contributed by atoms with Gasteiger partial charge in [-0.05, 0) is 31.4 Å². The van der Waals surface area contributed by atoms with Crippen LogP contribution in [0.3, 0.4) is 0 Å². The average molecular weight is 414 g/mol. The predicted octanol–water partition coefficient (Wildman–Crippen LogP) is 0.558. The maximum Gasteiger partial charge on any atom is 0.257 e. The number of amides is 2. The highest BCUT2D eigenvalue weighted by Gasteiger charge is 2.50. The van der Waals surface area contributed by atoms with Gasteiger partial charge >= 0.3 is 0 Å². The van der Waals surface area contributed by atoms with Crippen molar-refractivity contribution >= 4 is 24.2 Å². The summed E-state index contributed by atoms with van der Waals surface area (Å²) >= 11 is 0. The molecule has 0 aromatic heterocycles. The maximum absolute atomic E-state index is 13.2. The topological polar surface area (TPSA) is 114 Å². The van der Waals surface area contributed by atoms with Crippen molar-refractivity contribution in [3.8, 4) is 11.5 Å². The lowest BCUT2D eigenvalue weighted by atomic mass is 9.71. The molecule has 0 aliphatic carbocycles. The summed E-state index contributed by atoms with van der Waals surface area (Å²) in [7, 11) is 1.54. The number of piperidine rings is 2. The molecule has 8 nitrogen and oxygen atoms in total. The van der Waals surface area contributed by atoms with Gasteiger partial charge in [-0.3, -0.25) is 9.59 Å². The molecular formula is C19H28ClN3O5. The minimum Gasteiger partial charge on any atom is -0.497 e. The van der Waals surface area contributed by atoms with Gasteiger partial charge in [-0.1, -0.05) is 0 Å². The smallest absolute Gasteiger partial charge is 0.257 e. The number of hydrogen-bond acceptors (Lipinski definition) is 6. The number of benzene rings is 1. The fourth-order valence-corrected chi connectivity index (χ4v) is 3.88. The summed E-state index contributed by atoms with van der Waals surface area (Å²) in [6, 6.07) is 5.01. The maximum atomic E-state index is 13.2. The molecule has 2 heterocycles. The van der Waals surface area contributed by atoms with Crippen LogP contribution >= 0.6 is 12.4 Å². The van der Waals surface area contributed by atoms with Crippen LogP contribution < -0.4 is 20.5 Å². The molecule has 2 atom stereocenters. The van der Waals surface area contributed by atoms with E-state index in [0.717, 1.165) is 6.42 Å². The second kappa shape index (κ2) is 9.45. The number of nitrogens with two attached hydrogens (primary N) is 1. The number of nitrogens with one attached hydrogen (secondary N) is 1. The highest BCUT2D eigenvalue weighted by atomic mass is 35.5. The van der Waals surface area contributed by atoms with Crippen molar-refractivity contribution in [1.29, 1.82) is 0 Å². The van der Waals surface area contributed by atoms with Crippen molar-refractivity contribution < 1.29 is 24.2 Å². The molecule has 1 aromatic rings. The summed E-state index contributed by atoms with van der Waals surface area (Å²) < 4.78 is 10.8.